The molecule has 5 nitrogen and oxygen atoms in total. The van der Waals surface area contributed by atoms with Crippen LogP contribution < -0.4 is 10.9 Å². The molecule has 0 saturated carbocycles. The molecule has 0 spiro atoms. The molecule has 2 aromatic heterocycles. The van der Waals surface area contributed by atoms with Crippen LogP contribution in [0, 0.1) is 5.82 Å². The quantitative estimate of drug-likeness (QED) is 0.526. The fourth-order valence-electron chi connectivity index (χ4n) is 3.17. The summed E-state index contributed by atoms with van der Waals surface area (Å²) in [6.45, 7) is 0.434. The van der Waals surface area contributed by atoms with E-state index in [1.54, 1.807) is 48.7 Å². The Morgan fingerprint density at radius 3 is 2.47 bits per heavy atom. The molecule has 0 radical (unpaired) electrons. The van der Waals surface area contributed by atoms with Gasteiger partial charge in [-0.05, 0) is 53.6 Å². The van der Waals surface area contributed by atoms with E-state index in [1.165, 1.54) is 16.7 Å². The highest BCUT2D eigenvalue weighted by Crippen LogP contribution is 2.15. The van der Waals surface area contributed by atoms with E-state index in [2.05, 4.69) is 10.3 Å². The summed E-state index contributed by atoms with van der Waals surface area (Å²) in [5.74, 6) is -0.850. The van der Waals surface area contributed by atoms with Crippen LogP contribution in [0.15, 0.2) is 77.7 Å². The van der Waals surface area contributed by atoms with Gasteiger partial charge in [0.1, 0.15) is 17.0 Å². The minimum absolute atomic E-state index is 0.0200. The number of carbonyl (C=O) groups is 1. The van der Waals surface area contributed by atoms with E-state index >= 15 is 0 Å². The maximum Gasteiger partial charge on any atom is 0.265 e. The highest BCUT2D eigenvalue weighted by molar-refractivity contribution is 6.30. The molecule has 1 N–H and O–H groups in total. The van der Waals surface area contributed by atoms with Gasteiger partial charge in [0.2, 0.25) is 0 Å². The molecule has 1 amide bonds. The van der Waals surface area contributed by atoms with Crippen molar-refractivity contribution in [3.8, 4) is 0 Å². The lowest BCUT2D eigenvalue weighted by atomic mass is 10.1. The monoisotopic (exact) mass is 421 g/mol. The molecule has 4 rings (SSSR count). The Balaban J connectivity index is 1.68. The molecule has 4 aromatic rings. The van der Waals surface area contributed by atoms with Gasteiger partial charge in [0.25, 0.3) is 11.5 Å². The first kappa shape index (κ1) is 19.8. The van der Waals surface area contributed by atoms with Crippen LogP contribution in [0.5, 0.6) is 0 Å². The van der Waals surface area contributed by atoms with Crippen molar-refractivity contribution in [1.29, 1.82) is 0 Å². The normalized spacial score (nSPS) is 10.9. The van der Waals surface area contributed by atoms with Crippen LogP contribution in [-0.4, -0.2) is 15.5 Å². The first-order chi connectivity index (χ1) is 14.5. The average molecular weight is 422 g/mol. The number of rotatable bonds is 5. The zero-order chi connectivity index (χ0) is 21.1. The summed E-state index contributed by atoms with van der Waals surface area (Å²) < 4.78 is 14.5. The predicted octanol–water partition coefficient (Wildman–Crippen LogP) is 4.17. The second-order valence-electron chi connectivity index (χ2n) is 6.80. The van der Waals surface area contributed by atoms with Crippen molar-refractivity contribution in [2.75, 3.05) is 0 Å². The molecule has 0 aliphatic heterocycles. The van der Waals surface area contributed by atoms with Crippen molar-refractivity contribution >= 4 is 28.5 Å². The van der Waals surface area contributed by atoms with Gasteiger partial charge < -0.3 is 5.32 Å². The standard InChI is InChI=1S/C23H17ClFN3O2/c24-18-7-3-16(4-8-18)14-28-21-17(2-1-11-26-21)12-20(23(28)30)22(29)27-13-15-5-9-19(25)10-6-15/h1-12H,13-14H2,(H,27,29). The topological polar surface area (TPSA) is 64.0 Å². The van der Waals surface area contributed by atoms with Crippen molar-refractivity contribution in [2.24, 2.45) is 0 Å². The summed E-state index contributed by atoms with van der Waals surface area (Å²) in [7, 11) is 0. The zero-order valence-corrected chi connectivity index (χ0v) is 16.6. The number of aromatic nitrogens is 2. The molecule has 30 heavy (non-hydrogen) atoms. The molecular weight excluding hydrogens is 405 g/mol. The van der Waals surface area contributed by atoms with Crippen LogP contribution >= 0.6 is 11.6 Å². The number of amides is 1. The van der Waals surface area contributed by atoms with Crippen molar-refractivity contribution < 1.29 is 9.18 Å². The summed E-state index contributed by atoms with van der Waals surface area (Å²) in [4.78, 5) is 30.2. The SMILES string of the molecule is O=C(NCc1ccc(F)cc1)c1cc2cccnc2n(Cc2ccc(Cl)cc2)c1=O. The van der Waals surface area contributed by atoms with E-state index in [9.17, 15) is 14.0 Å². The second-order valence-corrected chi connectivity index (χ2v) is 7.24. The third-order valence-electron chi connectivity index (χ3n) is 4.71. The highest BCUT2D eigenvalue weighted by atomic mass is 35.5. The van der Waals surface area contributed by atoms with Crippen molar-refractivity contribution in [2.45, 2.75) is 13.1 Å². The number of benzene rings is 2. The fraction of sp³-hybridized carbons (Fsp3) is 0.0870. The Hall–Kier alpha value is -3.51. The lowest BCUT2D eigenvalue weighted by Crippen LogP contribution is -2.33. The van der Waals surface area contributed by atoms with Gasteiger partial charge in [-0.25, -0.2) is 9.37 Å². The maximum absolute atomic E-state index is 13.1. The first-order valence-electron chi connectivity index (χ1n) is 9.27. The molecule has 2 heterocycles. The van der Waals surface area contributed by atoms with Crippen molar-refractivity contribution in [3.63, 3.8) is 0 Å². The van der Waals surface area contributed by atoms with Gasteiger partial charge in [0.15, 0.2) is 0 Å². The third kappa shape index (κ3) is 4.23. The lowest BCUT2D eigenvalue weighted by molar-refractivity contribution is 0.0949. The summed E-state index contributed by atoms with van der Waals surface area (Å²) in [5.41, 5.74) is 1.66. The van der Waals surface area contributed by atoms with Gasteiger partial charge >= 0.3 is 0 Å². The zero-order valence-electron chi connectivity index (χ0n) is 15.8. The van der Waals surface area contributed by atoms with Crippen molar-refractivity contribution in [3.05, 3.63) is 111 Å². The molecule has 0 unspecified atom stereocenters. The van der Waals surface area contributed by atoms with Gasteiger partial charge in [-0.1, -0.05) is 35.9 Å². The average Bonchev–Trinajstić information content (AvgIpc) is 2.76. The number of nitrogens with zero attached hydrogens (tertiary/aromatic N) is 2. The van der Waals surface area contributed by atoms with Gasteiger partial charge in [-0.2, -0.15) is 0 Å². The van der Waals surface area contributed by atoms with E-state index in [-0.39, 0.29) is 24.5 Å². The van der Waals surface area contributed by atoms with Crippen LogP contribution in [0.3, 0.4) is 0 Å². The van der Waals surface area contributed by atoms with E-state index in [0.717, 1.165) is 11.1 Å². The van der Waals surface area contributed by atoms with Gasteiger partial charge in [0, 0.05) is 23.2 Å². The molecule has 0 saturated heterocycles. The molecule has 2 aromatic carbocycles. The minimum Gasteiger partial charge on any atom is -0.348 e. The molecule has 0 atom stereocenters. The van der Waals surface area contributed by atoms with Crippen LogP contribution in [0.1, 0.15) is 21.5 Å². The summed E-state index contributed by atoms with van der Waals surface area (Å²) >= 11 is 5.95. The number of fused-ring (bicyclic) bond motifs is 1. The van der Waals surface area contributed by atoms with E-state index in [4.69, 9.17) is 11.6 Å². The Morgan fingerprint density at radius 1 is 1.03 bits per heavy atom. The second kappa shape index (κ2) is 8.47. The van der Waals surface area contributed by atoms with Crippen LogP contribution in [0.2, 0.25) is 5.02 Å². The number of halogens is 2. The first-order valence-corrected chi connectivity index (χ1v) is 9.65. The van der Waals surface area contributed by atoms with Crippen LogP contribution in [0.4, 0.5) is 4.39 Å². The van der Waals surface area contributed by atoms with E-state index < -0.39 is 11.5 Å². The Labute approximate surface area is 176 Å². The molecule has 0 aliphatic carbocycles. The van der Waals surface area contributed by atoms with Gasteiger partial charge in [0.05, 0.1) is 6.54 Å². The smallest absolute Gasteiger partial charge is 0.265 e. The predicted molar refractivity (Wildman–Crippen MR) is 114 cm³/mol. The molecule has 0 aliphatic rings. The maximum atomic E-state index is 13.1. The van der Waals surface area contributed by atoms with Gasteiger partial charge in [-0.15, -0.1) is 0 Å². The van der Waals surface area contributed by atoms with Gasteiger partial charge in [-0.3, -0.25) is 14.2 Å². The summed E-state index contributed by atoms with van der Waals surface area (Å²) in [6, 6.07) is 18.0. The molecule has 7 heteroatoms. The van der Waals surface area contributed by atoms with Crippen LogP contribution in [-0.2, 0) is 13.1 Å². The number of carbonyl (C=O) groups excluding carboxylic acids is 1. The molecular formula is C23H17ClFN3O2. The number of hydrogen-bond acceptors (Lipinski definition) is 3. The van der Waals surface area contributed by atoms with E-state index in [1.807, 2.05) is 12.1 Å². The van der Waals surface area contributed by atoms with Crippen LogP contribution in [0.25, 0.3) is 11.0 Å². The highest BCUT2D eigenvalue weighted by Gasteiger charge is 2.16. The minimum atomic E-state index is -0.500. The lowest BCUT2D eigenvalue weighted by Gasteiger charge is -2.13. The molecule has 0 bridgehead atoms. The molecule has 0 fully saturated rings. The van der Waals surface area contributed by atoms with E-state index in [0.29, 0.717) is 16.1 Å². The third-order valence-corrected chi connectivity index (χ3v) is 4.96. The van der Waals surface area contributed by atoms with Crippen molar-refractivity contribution in [1.82, 2.24) is 14.9 Å². The summed E-state index contributed by atoms with van der Waals surface area (Å²) in [6.07, 6.45) is 1.61. The summed E-state index contributed by atoms with van der Waals surface area (Å²) in [5, 5.41) is 4.00. The number of hydrogen-bond donors (Lipinski definition) is 1. The Kier molecular flexibility index (Phi) is 5.59. The Bertz CT molecular complexity index is 1270. The largest absolute Gasteiger partial charge is 0.348 e. The number of nitrogens with one attached hydrogen (secondary N) is 1. The number of pyridine rings is 2. The molecule has 150 valence electrons. The Morgan fingerprint density at radius 2 is 1.73 bits per heavy atom. The fourth-order valence-corrected chi connectivity index (χ4v) is 3.29.